The van der Waals surface area contributed by atoms with Crippen LogP contribution in [0.15, 0.2) is 73.1 Å². The second-order valence-corrected chi connectivity index (χ2v) is 6.80. The van der Waals surface area contributed by atoms with Gasteiger partial charge in [0.15, 0.2) is 5.82 Å². The van der Waals surface area contributed by atoms with E-state index in [1.54, 1.807) is 9.80 Å². The van der Waals surface area contributed by atoms with E-state index in [0.717, 1.165) is 36.6 Å². The molecule has 2 aromatic carbocycles. The van der Waals surface area contributed by atoms with E-state index in [0.29, 0.717) is 13.1 Å². The maximum Gasteiger partial charge on any atom is 0.329 e. The molecule has 29 heavy (non-hydrogen) atoms. The largest absolute Gasteiger partial charge is 0.458 e. The number of anilines is 2. The average molecular weight is 392 g/mol. The summed E-state index contributed by atoms with van der Waals surface area (Å²) in [6.45, 7) is 1.05. The summed E-state index contributed by atoms with van der Waals surface area (Å²) in [5, 5.41) is 0. The van der Waals surface area contributed by atoms with Gasteiger partial charge in [-0.05, 0) is 37.1 Å². The molecule has 7 heteroatoms. The minimum atomic E-state index is -0.515. The number of piperidine rings is 1. The highest BCUT2D eigenvalue weighted by molar-refractivity contribution is 5.99. The zero-order chi connectivity index (χ0) is 20.1. The summed E-state index contributed by atoms with van der Waals surface area (Å²) >= 11 is 0. The Labute approximate surface area is 168 Å². The number of urea groups is 1. The lowest BCUT2D eigenvalue weighted by atomic mass is 10.1. The van der Waals surface area contributed by atoms with Gasteiger partial charge in [-0.3, -0.25) is 4.90 Å². The van der Waals surface area contributed by atoms with E-state index in [2.05, 4.69) is 9.97 Å². The molecule has 1 aliphatic heterocycles. The number of rotatable bonds is 4. The monoisotopic (exact) mass is 392 g/mol. The number of amides is 2. The van der Waals surface area contributed by atoms with Crippen LogP contribution >= 0.6 is 0 Å². The van der Waals surface area contributed by atoms with Crippen LogP contribution in [0.3, 0.4) is 0 Å². The molecule has 0 radical (unpaired) electrons. The Bertz CT molecular complexity index is 899. The Kier molecular flexibility index (Phi) is 5.65. The summed E-state index contributed by atoms with van der Waals surface area (Å²) in [5.74, 6) is -0.515. The van der Waals surface area contributed by atoms with E-state index in [1.165, 1.54) is 0 Å². The van der Waals surface area contributed by atoms with E-state index in [1.807, 2.05) is 60.7 Å². The lowest BCUT2D eigenvalue weighted by molar-refractivity contribution is 0.0967. The van der Waals surface area contributed by atoms with E-state index in [-0.39, 0.29) is 18.1 Å². The molecule has 6 nitrogen and oxygen atoms in total. The van der Waals surface area contributed by atoms with Crippen molar-refractivity contribution in [3.8, 4) is 6.01 Å². The fourth-order valence-corrected chi connectivity index (χ4v) is 3.38. The predicted octanol–water partition coefficient (Wildman–Crippen LogP) is 4.42. The van der Waals surface area contributed by atoms with Gasteiger partial charge in [-0.25, -0.2) is 19.2 Å². The fourth-order valence-electron chi connectivity index (χ4n) is 3.38. The SMILES string of the molecule is O=C(N1CCCC(Oc2ncc(F)cn2)C1)N(c1ccccc1)c1ccccc1. The highest BCUT2D eigenvalue weighted by Crippen LogP contribution is 2.28. The Morgan fingerprint density at radius 3 is 2.17 bits per heavy atom. The fraction of sp³-hybridized carbons (Fsp3) is 0.227. The molecule has 0 aliphatic carbocycles. The molecule has 3 aromatic rings. The van der Waals surface area contributed by atoms with Gasteiger partial charge in [-0.1, -0.05) is 36.4 Å². The molecule has 1 saturated heterocycles. The summed E-state index contributed by atoms with van der Waals surface area (Å²) in [6.07, 6.45) is 3.48. The van der Waals surface area contributed by atoms with E-state index >= 15 is 0 Å². The second kappa shape index (κ2) is 8.68. The molecule has 4 rings (SSSR count). The first kappa shape index (κ1) is 18.9. The Hall–Kier alpha value is -3.48. The molecule has 0 bridgehead atoms. The van der Waals surface area contributed by atoms with Crippen molar-refractivity contribution in [1.29, 1.82) is 0 Å². The van der Waals surface area contributed by atoms with Crippen LogP contribution in [0.2, 0.25) is 0 Å². The van der Waals surface area contributed by atoms with Gasteiger partial charge in [-0.2, -0.15) is 0 Å². The molecule has 1 aromatic heterocycles. The number of aromatic nitrogens is 2. The van der Waals surface area contributed by atoms with Crippen LogP contribution in [0, 0.1) is 5.82 Å². The molecular weight excluding hydrogens is 371 g/mol. The van der Waals surface area contributed by atoms with Gasteiger partial charge in [0.1, 0.15) is 6.10 Å². The number of hydrogen-bond donors (Lipinski definition) is 0. The highest BCUT2D eigenvalue weighted by atomic mass is 19.1. The summed E-state index contributed by atoms with van der Waals surface area (Å²) < 4.78 is 18.8. The van der Waals surface area contributed by atoms with Gasteiger partial charge < -0.3 is 9.64 Å². The van der Waals surface area contributed by atoms with Crippen LogP contribution in [-0.4, -0.2) is 40.1 Å². The lowest BCUT2D eigenvalue weighted by Gasteiger charge is -2.36. The molecule has 0 N–H and O–H groups in total. The summed E-state index contributed by atoms with van der Waals surface area (Å²) in [7, 11) is 0. The van der Waals surface area contributed by atoms with Crippen molar-refractivity contribution < 1.29 is 13.9 Å². The second-order valence-electron chi connectivity index (χ2n) is 6.80. The lowest BCUT2D eigenvalue weighted by Crippen LogP contribution is -2.49. The Morgan fingerprint density at radius 1 is 1.00 bits per heavy atom. The van der Waals surface area contributed by atoms with Gasteiger partial charge in [-0.15, -0.1) is 0 Å². The molecule has 148 valence electrons. The number of halogens is 1. The summed E-state index contributed by atoms with van der Waals surface area (Å²) in [5.41, 5.74) is 1.60. The van der Waals surface area contributed by atoms with Gasteiger partial charge >= 0.3 is 12.0 Å². The Morgan fingerprint density at radius 2 is 1.59 bits per heavy atom. The first-order chi connectivity index (χ1) is 14.2. The third-order valence-corrected chi connectivity index (χ3v) is 4.74. The zero-order valence-electron chi connectivity index (χ0n) is 15.8. The third-order valence-electron chi connectivity index (χ3n) is 4.74. The number of hydrogen-bond acceptors (Lipinski definition) is 4. The number of nitrogens with zero attached hydrogens (tertiary/aromatic N) is 4. The van der Waals surface area contributed by atoms with Crippen LogP contribution in [0.1, 0.15) is 12.8 Å². The van der Waals surface area contributed by atoms with Crippen molar-refractivity contribution in [2.45, 2.75) is 18.9 Å². The minimum Gasteiger partial charge on any atom is -0.458 e. The maximum absolute atomic E-state index is 13.5. The van der Waals surface area contributed by atoms with E-state index < -0.39 is 5.82 Å². The number of ether oxygens (including phenoxy) is 1. The molecule has 1 aliphatic rings. The quantitative estimate of drug-likeness (QED) is 0.660. The van der Waals surface area contributed by atoms with Gasteiger partial charge in [0.25, 0.3) is 0 Å². The zero-order valence-corrected chi connectivity index (χ0v) is 15.8. The van der Waals surface area contributed by atoms with Crippen LogP contribution in [0.5, 0.6) is 6.01 Å². The van der Waals surface area contributed by atoms with Crippen molar-refractivity contribution in [1.82, 2.24) is 14.9 Å². The van der Waals surface area contributed by atoms with Crippen molar-refractivity contribution in [3.63, 3.8) is 0 Å². The number of carbonyl (C=O) groups is 1. The van der Waals surface area contributed by atoms with Gasteiger partial charge in [0.2, 0.25) is 0 Å². The molecule has 1 unspecified atom stereocenters. The molecule has 2 heterocycles. The average Bonchev–Trinajstić information content (AvgIpc) is 2.77. The van der Waals surface area contributed by atoms with Crippen molar-refractivity contribution in [3.05, 3.63) is 78.9 Å². The normalized spacial score (nSPS) is 16.3. The molecule has 0 spiro atoms. The molecule has 0 saturated carbocycles. The van der Waals surface area contributed by atoms with Crippen LogP contribution in [0.25, 0.3) is 0 Å². The smallest absolute Gasteiger partial charge is 0.329 e. The summed E-state index contributed by atoms with van der Waals surface area (Å²) in [6, 6.07) is 19.1. The molecule has 2 amide bonds. The maximum atomic E-state index is 13.5. The minimum absolute atomic E-state index is 0.115. The molecule has 1 atom stereocenters. The highest BCUT2D eigenvalue weighted by Gasteiger charge is 2.30. The standard InChI is InChI=1S/C22H21FN4O2/c23-17-14-24-21(25-15-17)29-20-12-7-13-26(16-20)22(28)27(18-8-3-1-4-9-18)19-10-5-2-6-11-19/h1-6,8-11,14-15,20H,7,12-13,16H2. The number of para-hydroxylation sites is 2. The summed E-state index contributed by atoms with van der Waals surface area (Å²) in [4.78, 5) is 24.6. The van der Waals surface area contributed by atoms with E-state index in [9.17, 15) is 9.18 Å². The topological polar surface area (TPSA) is 58.6 Å². The Balaban J connectivity index is 1.53. The van der Waals surface area contributed by atoms with Crippen molar-refractivity contribution in [2.75, 3.05) is 18.0 Å². The van der Waals surface area contributed by atoms with Gasteiger partial charge in [0, 0.05) is 6.54 Å². The number of benzene rings is 2. The molecular formula is C22H21FN4O2. The van der Waals surface area contributed by atoms with Crippen molar-refractivity contribution in [2.24, 2.45) is 0 Å². The van der Waals surface area contributed by atoms with Crippen molar-refractivity contribution >= 4 is 17.4 Å². The van der Waals surface area contributed by atoms with Crippen LogP contribution < -0.4 is 9.64 Å². The first-order valence-corrected chi connectivity index (χ1v) is 9.54. The first-order valence-electron chi connectivity index (χ1n) is 9.54. The third kappa shape index (κ3) is 4.51. The number of likely N-dealkylation sites (tertiary alicyclic amines) is 1. The number of carbonyl (C=O) groups excluding carboxylic acids is 1. The van der Waals surface area contributed by atoms with E-state index in [4.69, 9.17) is 4.74 Å². The predicted molar refractivity (Wildman–Crippen MR) is 108 cm³/mol. The molecule has 1 fully saturated rings. The van der Waals surface area contributed by atoms with Gasteiger partial charge in [0.05, 0.1) is 30.3 Å². The van der Waals surface area contributed by atoms with Crippen LogP contribution in [-0.2, 0) is 0 Å². The van der Waals surface area contributed by atoms with Crippen LogP contribution in [0.4, 0.5) is 20.6 Å².